The van der Waals surface area contributed by atoms with Crippen molar-refractivity contribution in [3.8, 4) is 0 Å². The summed E-state index contributed by atoms with van der Waals surface area (Å²) in [5.41, 5.74) is 4.42. The van der Waals surface area contributed by atoms with E-state index in [4.69, 9.17) is 4.74 Å². The summed E-state index contributed by atoms with van der Waals surface area (Å²) < 4.78 is 5.54. The highest BCUT2D eigenvalue weighted by Crippen LogP contribution is 2.34. The van der Waals surface area contributed by atoms with E-state index >= 15 is 0 Å². The highest BCUT2D eigenvalue weighted by atomic mass is 32.1. The van der Waals surface area contributed by atoms with Gasteiger partial charge in [-0.1, -0.05) is 0 Å². The van der Waals surface area contributed by atoms with Crippen LogP contribution in [-0.2, 0) is 16.0 Å². The summed E-state index contributed by atoms with van der Waals surface area (Å²) in [5.74, 6) is 0.0894. The number of hydrogen-bond acceptors (Lipinski definition) is 7. The van der Waals surface area contributed by atoms with E-state index in [1.165, 1.54) is 11.3 Å². The van der Waals surface area contributed by atoms with Crippen LogP contribution < -0.4 is 9.80 Å². The summed E-state index contributed by atoms with van der Waals surface area (Å²) in [7, 11) is 0. The number of carbonyl (C=O) groups excluding carboxylic acids is 3. The van der Waals surface area contributed by atoms with Crippen LogP contribution in [0.5, 0.6) is 0 Å². The molecule has 3 aliphatic rings. The smallest absolute Gasteiger partial charge is 0.414 e. The fourth-order valence-corrected chi connectivity index (χ4v) is 5.54. The fourth-order valence-electron chi connectivity index (χ4n) is 5.02. The van der Waals surface area contributed by atoms with Gasteiger partial charge in [0.25, 0.3) is 5.91 Å². The molecule has 35 heavy (non-hydrogen) atoms. The first-order chi connectivity index (χ1) is 16.7. The lowest BCUT2D eigenvalue weighted by atomic mass is 10.1. The average Bonchev–Trinajstić information content (AvgIpc) is 3.57. The Morgan fingerprint density at radius 3 is 2.57 bits per heavy atom. The molecule has 10 heteroatoms. The Labute approximate surface area is 209 Å². The van der Waals surface area contributed by atoms with Gasteiger partial charge in [0.1, 0.15) is 11.3 Å². The van der Waals surface area contributed by atoms with Crippen LogP contribution in [-0.4, -0.2) is 83.6 Å². The Bertz CT molecular complexity index is 1120. The molecule has 2 aromatic rings. The Kier molecular flexibility index (Phi) is 6.27. The van der Waals surface area contributed by atoms with Crippen molar-refractivity contribution >= 4 is 40.6 Å². The van der Waals surface area contributed by atoms with Crippen LogP contribution in [0.1, 0.15) is 43.2 Å². The van der Waals surface area contributed by atoms with E-state index in [1.54, 1.807) is 15.8 Å². The summed E-state index contributed by atoms with van der Waals surface area (Å²) in [6.07, 6.45) is 0.873. The van der Waals surface area contributed by atoms with Crippen molar-refractivity contribution < 1.29 is 19.1 Å². The molecule has 9 nitrogen and oxygen atoms in total. The van der Waals surface area contributed by atoms with Crippen LogP contribution in [0.3, 0.4) is 0 Å². The lowest BCUT2D eigenvalue weighted by molar-refractivity contribution is -0.117. The van der Waals surface area contributed by atoms with Crippen LogP contribution in [0.25, 0.3) is 0 Å². The number of amides is 3. The summed E-state index contributed by atoms with van der Waals surface area (Å²) in [5, 5.41) is 1.78. The maximum absolute atomic E-state index is 12.9. The van der Waals surface area contributed by atoms with Crippen molar-refractivity contribution in [3.05, 3.63) is 40.3 Å². The fraction of sp³-hybridized carbons (Fsp3) is 0.520. The lowest BCUT2D eigenvalue weighted by Gasteiger charge is -2.37. The van der Waals surface area contributed by atoms with E-state index in [9.17, 15) is 14.4 Å². The van der Waals surface area contributed by atoms with E-state index in [1.807, 2.05) is 48.8 Å². The SMILES string of the molecule is CC(C)(C)OC(=O)N1CCc2cc(N3C[C@H](N4CCN(C(=O)c5cscn5)CC4)CC3=O)ccc21. The first kappa shape index (κ1) is 23.7. The first-order valence-corrected chi connectivity index (χ1v) is 13.0. The van der Waals surface area contributed by atoms with Crippen LogP contribution >= 0.6 is 11.3 Å². The minimum absolute atomic E-state index is 0.0198. The number of carbonyl (C=O) groups is 3. The minimum atomic E-state index is -0.545. The monoisotopic (exact) mass is 497 g/mol. The molecule has 3 aliphatic heterocycles. The van der Waals surface area contributed by atoms with Crippen molar-refractivity contribution in [2.45, 2.75) is 45.3 Å². The minimum Gasteiger partial charge on any atom is -0.443 e. The predicted molar refractivity (Wildman–Crippen MR) is 134 cm³/mol. The molecule has 2 saturated heterocycles. The molecule has 1 aromatic heterocycles. The highest BCUT2D eigenvalue weighted by molar-refractivity contribution is 7.07. The second-order valence-electron chi connectivity index (χ2n) is 10.3. The molecule has 0 N–H and O–H groups in total. The standard InChI is InChI=1S/C25H31N5O4S/c1-25(2,3)34-24(33)29-7-6-17-12-18(4-5-21(17)29)30-14-19(13-22(30)31)27-8-10-28(11-9-27)23(32)20-15-35-16-26-20/h4-5,12,15-16,19H,6-11,13-14H2,1-3H3/t19-/m1/s1. The third-order valence-corrected chi connectivity index (χ3v) is 7.34. The molecular formula is C25H31N5O4S. The Morgan fingerprint density at radius 1 is 1.11 bits per heavy atom. The predicted octanol–water partition coefficient (Wildman–Crippen LogP) is 3.00. The number of anilines is 2. The van der Waals surface area contributed by atoms with Gasteiger partial charge in [0.2, 0.25) is 5.91 Å². The topological polar surface area (TPSA) is 86.3 Å². The largest absolute Gasteiger partial charge is 0.443 e. The van der Waals surface area contributed by atoms with Gasteiger partial charge >= 0.3 is 6.09 Å². The summed E-state index contributed by atoms with van der Waals surface area (Å²) in [6.45, 7) is 9.56. The Hall–Kier alpha value is -2.98. The first-order valence-electron chi connectivity index (χ1n) is 12.0. The molecule has 186 valence electrons. The molecule has 0 aliphatic carbocycles. The molecule has 0 unspecified atom stereocenters. The summed E-state index contributed by atoms with van der Waals surface area (Å²) >= 11 is 1.42. The van der Waals surface area contributed by atoms with E-state index in [0.717, 1.165) is 36.4 Å². The van der Waals surface area contributed by atoms with Gasteiger partial charge in [0.15, 0.2) is 0 Å². The van der Waals surface area contributed by atoms with Crippen molar-refractivity contribution in [1.82, 2.24) is 14.8 Å². The van der Waals surface area contributed by atoms with Crippen LogP contribution in [0, 0.1) is 0 Å². The van der Waals surface area contributed by atoms with Gasteiger partial charge in [0.05, 0.1) is 11.2 Å². The zero-order valence-electron chi connectivity index (χ0n) is 20.4. The van der Waals surface area contributed by atoms with E-state index in [2.05, 4.69) is 9.88 Å². The molecule has 0 spiro atoms. The number of benzene rings is 1. The molecular weight excluding hydrogens is 466 g/mol. The number of fused-ring (bicyclic) bond motifs is 1. The number of aromatic nitrogens is 1. The molecule has 0 saturated carbocycles. The van der Waals surface area contributed by atoms with Crippen molar-refractivity contribution in [1.29, 1.82) is 0 Å². The van der Waals surface area contributed by atoms with Crippen LogP contribution in [0.4, 0.5) is 16.2 Å². The molecule has 2 fully saturated rings. The molecule has 1 aromatic carbocycles. The number of ether oxygens (including phenoxy) is 1. The third kappa shape index (κ3) is 4.90. The molecule has 0 bridgehead atoms. The van der Waals surface area contributed by atoms with Crippen molar-refractivity contribution in [3.63, 3.8) is 0 Å². The number of thiazole rings is 1. The molecule has 1 atom stereocenters. The average molecular weight is 498 g/mol. The second-order valence-corrected chi connectivity index (χ2v) is 11.0. The van der Waals surface area contributed by atoms with Gasteiger partial charge < -0.3 is 14.5 Å². The number of nitrogens with zero attached hydrogens (tertiary/aromatic N) is 5. The van der Waals surface area contributed by atoms with Crippen molar-refractivity contribution in [2.24, 2.45) is 0 Å². The second kappa shape index (κ2) is 9.23. The van der Waals surface area contributed by atoms with Crippen LogP contribution in [0.2, 0.25) is 0 Å². The number of hydrogen-bond donors (Lipinski definition) is 0. The molecule has 3 amide bonds. The third-order valence-electron chi connectivity index (χ3n) is 6.76. The number of rotatable bonds is 3. The van der Waals surface area contributed by atoms with Gasteiger partial charge in [0, 0.05) is 62.8 Å². The Balaban J connectivity index is 1.21. The number of piperazine rings is 1. The summed E-state index contributed by atoms with van der Waals surface area (Å²) in [6, 6.07) is 6.01. The van der Waals surface area contributed by atoms with Gasteiger partial charge in [-0.2, -0.15) is 0 Å². The van der Waals surface area contributed by atoms with Gasteiger partial charge in [-0.15, -0.1) is 11.3 Å². The van der Waals surface area contributed by atoms with Crippen molar-refractivity contribution in [2.75, 3.05) is 49.1 Å². The zero-order valence-corrected chi connectivity index (χ0v) is 21.2. The van der Waals surface area contributed by atoms with E-state index in [0.29, 0.717) is 38.3 Å². The van der Waals surface area contributed by atoms with Crippen LogP contribution in [0.15, 0.2) is 29.1 Å². The van der Waals surface area contributed by atoms with Gasteiger partial charge in [-0.3, -0.25) is 19.4 Å². The van der Waals surface area contributed by atoms with E-state index < -0.39 is 5.60 Å². The maximum atomic E-state index is 12.9. The zero-order chi connectivity index (χ0) is 24.7. The van der Waals surface area contributed by atoms with Gasteiger partial charge in [-0.25, -0.2) is 9.78 Å². The maximum Gasteiger partial charge on any atom is 0.414 e. The molecule has 0 radical (unpaired) electrons. The molecule has 5 rings (SSSR count). The lowest BCUT2D eigenvalue weighted by Crippen LogP contribution is -2.52. The van der Waals surface area contributed by atoms with Gasteiger partial charge in [-0.05, 0) is 51.0 Å². The summed E-state index contributed by atoms with van der Waals surface area (Å²) in [4.78, 5) is 49.9. The van der Waals surface area contributed by atoms with E-state index in [-0.39, 0.29) is 23.9 Å². The highest BCUT2D eigenvalue weighted by Gasteiger charge is 2.37. The quantitative estimate of drug-likeness (QED) is 0.648. The Morgan fingerprint density at radius 2 is 1.89 bits per heavy atom. The normalized spacial score (nSPS) is 20.9. The molecule has 4 heterocycles.